The zero-order valence-electron chi connectivity index (χ0n) is 9.50. The summed E-state index contributed by atoms with van der Waals surface area (Å²) in [5.74, 6) is -0.726. The number of rotatable bonds is 3. The van der Waals surface area contributed by atoms with E-state index in [-0.39, 0.29) is 17.7 Å². The van der Waals surface area contributed by atoms with Crippen molar-refractivity contribution in [2.45, 2.75) is 19.0 Å². The Morgan fingerprint density at radius 1 is 1.38 bits per heavy atom. The lowest BCUT2D eigenvalue weighted by Gasteiger charge is -2.39. The molecule has 1 atom stereocenters. The van der Waals surface area contributed by atoms with Gasteiger partial charge in [0.1, 0.15) is 11.6 Å². The van der Waals surface area contributed by atoms with Gasteiger partial charge in [0.15, 0.2) is 0 Å². The molecule has 88 valence electrons. The van der Waals surface area contributed by atoms with Gasteiger partial charge in [-0.15, -0.1) is 0 Å². The van der Waals surface area contributed by atoms with Gasteiger partial charge in [-0.2, -0.15) is 0 Å². The number of hydrogen-bond acceptors (Lipinski definition) is 2. The number of likely N-dealkylation sites (N-methyl/N-ethyl adjacent to an activating group) is 1. The monoisotopic (exact) mass is 226 g/mol. The van der Waals surface area contributed by atoms with Crippen LogP contribution in [0, 0.1) is 11.6 Å². The van der Waals surface area contributed by atoms with E-state index in [0.29, 0.717) is 11.6 Å². The molecule has 0 aromatic heterocycles. The highest BCUT2D eigenvalue weighted by Crippen LogP contribution is 2.25. The summed E-state index contributed by atoms with van der Waals surface area (Å²) in [5, 5.41) is 3.16. The van der Waals surface area contributed by atoms with Crippen molar-refractivity contribution < 1.29 is 8.78 Å². The third-order valence-electron chi connectivity index (χ3n) is 3.35. The van der Waals surface area contributed by atoms with Crippen molar-refractivity contribution in [3.05, 3.63) is 35.4 Å². The lowest BCUT2D eigenvalue weighted by atomic mass is 10.0. The average molecular weight is 226 g/mol. The van der Waals surface area contributed by atoms with Crippen molar-refractivity contribution in [3.8, 4) is 0 Å². The van der Waals surface area contributed by atoms with Crippen molar-refractivity contribution in [2.24, 2.45) is 0 Å². The molecule has 0 amide bonds. The molecule has 1 N–H and O–H groups in total. The highest BCUT2D eigenvalue weighted by atomic mass is 19.1. The van der Waals surface area contributed by atoms with E-state index < -0.39 is 0 Å². The third-order valence-corrected chi connectivity index (χ3v) is 3.35. The Bertz CT molecular complexity index is 377. The Morgan fingerprint density at radius 3 is 2.62 bits per heavy atom. The van der Waals surface area contributed by atoms with Crippen LogP contribution in [-0.2, 0) is 0 Å². The SMILES string of the molecule is CC(c1cc(F)ccc1F)N(C)C1CNC1. The summed E-state index contributed by atoms with van der Waals surface area (Å²) in [4.78, 5) is 2.08. The van der Waals surface area contributed by atoms with Crippen LogP contribution in [0.25, 0.3) is 0 Å². The van der Waals surface area contributed by atoms with E-state index in [1.807, 2.05) is 14.0 Å². The van der Waals surface area contributed by atoms with Crippen LogP contribution in [0.15, 0.2) is 18.2 Å². The predicted molar refractivity (Wildman–Crippen MR) is 59.2 cm³/mol. The van der Waals surface area contributed by atoms with Crippen LogP contribution in [-0.4, -0.2) is 31.1 Å². The molecular weight excluding hydrogens is 210 g/mol. The maximum atomic E-state index is 13.6. The fourth-order valence-electron chi connectivity index (χ4n) is 1.93. The second-order valence-electron chi connectivity index (χ2n) is 4.32. The molecule has 0 radical (unpaired) electrons. The van der Waals surface area contributed by atoms with Crippen LogP contribution in [0.4, 0.5) is 8.78 Å². The molecule has 16 heavy (non-hydrogen) atoms. The second kappa shape index (κ2) is 4.47. The third kappa shape index (κ3) is 2.08. The van der Waals surface area contributed by atoms with Crippen LogP contribution in [0.2, 0.25) is 0 Å². The minimum absolute atomic E-state index is 0.109. The quantitative estimate of drug-likeness (QED) is 0.847. The minimum atomic E-state index is -0.386. The molecule has 0 spiro atoms. The first kappa shape index (κ1) is 11.5. The van der Waals surface area contributed by atoms with Gasteiger partial charge in [-0.25, -0.2) is 8.78 Å². The van der Waals surface area contributed by atoms with Crippen molar-refractivity contribution >= 4 is 0 Å². The molecule has 1 fully saturated rings. The van der Waals surface area contributed by atoms with Gasteiger partial charge in [0.05, 0.1) is 0 Å². The molecule has 2 nitrogen and oxygen atoms in total. The first-order chi connectivity index (χ1) is 7.59. The molecule has 2 rings (SSSR count). The molecule has 1 aromatic rings. The van der Waals surface area contributed by atoms with Gasteiger partial charge in [-0.3, -0.25) is 4.90 Å². The fraction of sp³-hybridized carbons (Fsp3) is 0.500. The van der Waals surface area contributed by atoms with Gasteiger partial charge in [0, 0.05) is 30.7 Å². The van der Waals surface area contributed by atoms with Gasteiger partial charge in [-0.05, 0) is 32.2 Å². The molecule has 1 aliphatic heterocycles. The molecule has 0 aliphatic carbocycles. The smallest absolute Gasteiger partial charge is 0.128 e. The number of hydrogen-bond donors (Lipinski definition) is 1. The summed E-state index contributed by atoms with van der Waals surface area (Å²) in [6.45, 7) is 3.73. The maximum Gasteiger partial charge on any atom is 0.128 e. The Balaban J connectivity index is 2.18. The summed E-state index contributed by atoms with van der Waals surface area (Å²) >= 11 is 0. The second-order valence-corrected chi connectivity index (χ2v) is 4.32. The first-order valence-electron chi connectivity index (χ1n) is 5.47. The van der Waals surface area contributed by atoms with Gasteiger partial charge >= 0.3 is 0 Å². The van der Waals surface area contributed by atoms with Crippen LogP contribution in [0.3, 0.4) is 0 Å². The molecule has 1 heterocycles. The van der Waals surface area contributed by atoms with E-state index in [4.69, 9.17) is 0 Å². The van der Waals surface area contributed by atoms with E-state index in [2.05, 4.69) is 10.2 Å². The van der Waals surface area contributed by atoms with Crippen LogP contribution >= 0.6 is 0 Å². The Morgan fingerprint density at radius 2 is 2.06 bits per heavy atom. The molecule has 1 aliphatic rings. The molecule has 1 saturated heterocycles. The van der Waals surface area contributed by atoms with Crippen molar-refractivity contribution in [1.82, 2.24) is 10.2 Å². The molecule has 0 bridgehead atoms. The number of nitrogens with zero attached hydrogens (tertiary/aromatic N) is 1. The van der Waals surface area contributed by atoms with E-state index in [0.717, 1.165) is 19.2 Å². The topological polar surface area (TPSA) is 15.3 Å². The Labute approximate surface area is 94.3 Å². The van der Waals surface area contributed by atoms with Gasteiger partial charge in [0.2, 0.25) is 0 Å². The summed E-state index contributed by atoms with van der Waals surface area (Å²) in [6, 6.07) is 3.92. The summed E-state index contributed by atoms with van der Waals surface area (Å²) in [6.07, 6.45) is 0. The number of halogens is 2. The fourth-order valence-corrected chi connectivity index (χ4v) is 1.93. The lowest BCUT2D eigenvalue weighted by molar-refractivity contribution is 0.134. The summed E-state index contributed by atoms with van der Waals surface area (Å²) in [7, 11) is 1.94. The predicted octanol–water partition coefficient (Wildman–Crippen LogP) is 1.93. The largest absolute Gasteiger partial charge is 0.314 e. The molecule has 4 heteroatoms. The van der Waals surface area contributed by atoms with E-state index in [1.165, 1.54) is 12.1 Å². The molecular formula is C12H16F2N2. The number of nitrogens with one attached hydrogen (secondary N) is 1. The number of benzene rings is 1. The van der Waals surface area contributed by atoms with Gasteiger partial charge in [-0.1, -0.05) is 0 Å². The molecule has 1 unspecified atom stereocenters. The standard InChI is InChI=1S/C12H16F2N2/c1-8(16(2)10-6-15-7-10)11-5-9(13)3-4-12(11)14/h3-5,8,10,15H,6-7H2,1-2H3. The summed E-state index contributed by atoms with van der Waals surface area (Å²) < 4.78 is 26.6. The van der Waals surface area contributed by atoms with Crippen LogP contribution in [0.1, 0.15) is 18.5 Å². The Kier molecular flexibility index (Phi) is 3.21. The maximum absolute atomic E-state index is 13.6. The normalized spacial score (nSPS) is 18.6. The lowest BCUT2D eigenvalue weighted by Crippen LogP contribution is -2.56. The van der Waals surface area contributed by atoms with Crippen molar-refractivity contribution in [2.75, 3.05) is 20.1 Å². The first-order valence-corrected chi connectivity index (χ1v) is 5.47. The van der Waals surface area contributed by atoms with Crippen LogP contribution in [0.5, 0.6) is 0 Å². The van der Waals surface area contributed by atoms with Gasteiger partial charge in [0.25, 0.3) is 0 Å². The average Bonchev–Trinajstić information content (AvgIpc) is 2.18. The highest BCUT2D eigenvalue weighted by Gasteiger charge is 2.27. The minimum Gasteiger partial charge on any atom is -0.314 e. The van der Waals surface area contributed by atoms with Crippen molar-refractivity contribution in [1.29, 1.82) is 0 Å². The van der Waals surface area contributed by atoms with Crippen LogP contribution < -0.4 is 5.32 Å². The molecule has 0 saturated carbocycles. The van der Waals surface area contributed by atoms with Gasteiger partial charge < -0.3 is 5.32 Å². The van der Waals surface area contributed by atoms with E-state index in [1.54, 1.807) is 0 Å². The zero-order valence-corrected chi connectivity index (χ0v) is 9.50. The van der Waals surface area contributed by atoms with E-state index >= 15 is 0 Å². The van der Waals surface area contributed by atoms with E-state index in [9.17, 15) is 8.78 Å². The summed E-state index contributed by atoms with van der Waals surface area (Å²) in [5.41, 5.74) is 0.425. The highest BCUT2D eigenvalue weighted by molar-refractivity contribution is 5.22. The zero-order chi connectivity index (χ0) is 11.7. The Hall–Kier alpha value is -1.00. The molecule has 1 aromatic carbocycles. The van der Waals surface area contributed by atoms with Crippen molar-refractivity contribution in [3.63, 3.8) is 0 Å².